The predicted octanol–water partition coefficient (Wildman–Crippen LogP) is 18.4. The molecule has 8 aliphatic carbocycles. The average Bonchev–Trinajstić information content (AvgIpc) is 1.57. The van der Waals surface area contributed by atoms with Crippen LogP contribution in [-0.4, -0.2) is 131 Å². The summed E-state index contributed by atoms with van der Waals surface area (Å²) in [6.07, 6.45) is 9.79. The van der Waals surface area contributed by atoms with Crippen molar-refractivity contribution in [1.82, 2.24) is 16.1 Å². The Bertz CT molecular complexity index is 6460. The maximum Gasteiger partial charge on any atom is 0.292 e. The second-order valence-electron chi connectivity index (χ2n) is 40.9. The van der Waals surface area contributed by atoms with Crippen LogP contribution >= 0.6 is 59.4 Å². The summed E-state index contributed by atoms with van der Waals surface area (Å²) in [5, 5.41) is 32.3. The van der Waals surface area contributed by atoms with Crippen LogP contribution in [0.4, 0.5) is 53.5 Å². The summed E-state index contributed by atoms with van der Waals surface area (Å²) < 4.78 is 128. The van der Waals surface area contributed by atoms with E-state index in [9.17, 15) is 45.4 Å². The average molecular weight is 2280 g/mol. The summed E-state index contributed by atoms with van der Waals surface area (Å²) in [6.45, 7) is 18.7. The van der Waals surface area contributed by atoms with Crippen LogP contribution in [0.1, 0.15) is 187 Å². The number of nitrogens with one attached hydrogen (secondary N) is 3. The van der Waals surface area contributed by atoms with Crippen molar-refractivity contribution in [2.75, 3.05) is 28.8 Å². The van der Waals surface area contributed by atoms with Gasteiger partial charge in [0.2, 0.25) is 0 Å². The van der Waals surface area contributed by atoms with E-state index in [1.165, 1.54) is 66.9 Å². The van der Waals surface area contributed by atoms with Crippen molar-refractivity contribution in [2.45, 2.75) is 221 Å². The summed E-state index contributed by atoms with van der Waals surface area (Å²) in [7, 11) is 0. The second kappa shape index (κ2) is 44.3. The highest BCUT2D eigenvalue weighted by molar-refractivity contribution is 9.11. The topological polar surface area (TPSA) is 492 Å². The number of rotatable bonds is 11. The Hall–Kier alpha value is -12.6. The Labute approximate surface area is 893 Å². The van der Waals surface area contributed by atoms with E-state index in [1.54, 1.807) is 135 Å². The highest BCUT2D eigenvalue weighted by Gasteiger charge is 2.64. The molecule has 8 unspecified atom stereocenters. The molecule has 31 nitrogen and oxygen atoms in total. The van der Waals surface area contributed by atoms with Crippen LogP contribution < -0.4 is 62.0 Å². The van der Waals surface area contributed by atoms with Crippen LogP contribution in [0.2, 0.25) is 0 Å². The molecule has 2 amide bonds. The molecule has 8 saturated carbocycles. The highest BCUT2D eigenvalue weighted by atomic mass is 79.9. The summed E-state index contributed by atoms with van der Waals surface area (Å²) in [5.74, 6) is -0.322. The molecule has 8 heterocycles. The molecule has 25 rings (SSSR count). The number of aliphatic hydroxyl groups is 1. The molecular weight excluding hydrogens is 2160 g/mol. The molecule has 796 valence electrons. The predicted molar refractivity (Wildman–Crippen MR) is 569 cm³/mol. The number of amidine groups is 5. The molecule has 21 N–H and O–H groups in total. The fraction of sp³-hybridized carbons (Fsp3) is 0.407. The third kappa shape index (κ3) is 24.7. The first-order chi connectivity index (χ1) is 71.1. The number of aliphatic imine (C=N–C) groups is 5. The van der Waals surface area contributed by atoms with Gasteiger partial charge in [-0.05, 0) is 272 Å². The van der Waals surface area contributed by atoms with Crippen molar-refractivity contribution in [2.24, 2.45) is 111 Å². The van der Waals surface area contributed by atoms with Gasteiger partial charge >= 0.3 is 0 Å². The number of fused-ring (bicyclic) bond motifs is 7. The van der Waals surface area contributed by atoms with E-state index < -0.39 is 39.3 Å². The van der Waals surface area contributed by atoms with Gasteiger partial charge in [0, 0.05) is 152 Å². The summed E-state index contributed by atoms with van der Waals surface area (Å²) >= 11 is 15.5. The quantitative estimate of drug-likeness (QED) is 0.0143. The zero-order valence-electron chi connectivity index (χ0n) is 83.7. The smallest absolute Gasteiger partial charge is 0.292 e. The molecule has 16 aliphatic rings. The molecule has 24 atom stereocenters. The minimum atomic E-state index is -0.818. The number of amides is 2. The molecule has 8 aliphatic heterocycles. The van der Waals surface area contributed by atoms with Crippen molar-refractivity contribution >= 4 is 142 Å². The lowest BCUT2D eigenvalue weighted by Crippen LogP contribution is -2.41. The van der Waals surface area contributed by atoms with Crippen molar-refractivity contribution < 1.29 is 88.8 Å². The molecule has 0 radical (unpaired) electrons. The lowest BCUT2D eigenvalue weighted by Gasteiger charge is -2.31. The van der Waals surface area contributed by atoms with Crippen LogP contribution in [0.3, 0.4) is 0 Å². The number of hydroxylamine groups is 1. The van der Waals surface area contributed by atoms with Crippen LogP contribution in [0, 0.1) is 88.1 Å². The van der Waals surface area contributed by atoms with Crippen molar-refractivity contribution in [3.05, 3.63) is 292 Å². The van der Waals surface area contributed by atoms with E-state index in [2.05, 4.69) is 104 Å². The Morgan fingerprint density at radius 3 is 1.09 bits per heavy atom. The molecule has 1 saturated heterocycles. The number of anilines is 4. The minimum Gasteiger partial charge on any atom is -0.462 e. The van der Waals surface area contributed by atoms with Crippen molar-refractivity contribution in [3.63, 3.8) is 0 Å². The first-order valence-electron chi connectivity index (χ1n) is 49.0. The molecule has 42 heteroatoms. The van der Waals surface area contributed by atoms with E-state index >= 15 is 0 Å². The number of oxime groups is 3. The third-order valence-electron chi connectivity index (χ3n) is 29.6. The first-order valence-corrected chi connectivity index (χ1v) is 51.9. The summed E-state index contributed by atoms with van der Waals surface area (Å²) in [5.41, 5.74) is 53.0. The molecule has 9 aromatic carbocycles. The summed E-state index contributed by atoms with van der Waals surface area (Å²) in [4.78, 5) is 61.8. The number of alkyl halides is 1. The summed E-state index contributed by atoms with van der Waals surface area (Å²) in [6, 6.07) is 51.0. The zero-order chi connectivity index (χ0) is 108. The van der Waals surface area contributed by atoms with Gasteiger partial charge in [0.25, 0.3) is 41.9 Å². The molecule has 0 bridgehead atoms. The maximum absolute atomic E-state index is 14.4. The Morgan fingerprint density at radius 2 is 0.787 bits per heavy atom. The lowest BCUT2D eigenvalue weighted by molar-refractivity contribution is 0.0212. The van der Waals surface area contributed by atoms with Crippen LogP contribution in [0.15, 0.2) is 242 Å². The van der Waals surface area contributed by atoms with Gasteiger partial charge in [-0.3, -0.25) is 25.1 Å². The van der Waals surface area contributed by atoms with Gasteiger partial charge in [0.05, 0.1) is 62.7 Å². The van der Waals surface area contributed by atoms with Gasteiger partial charge in [-0.25, -0.2) is 55.7 Å². The van der Waals surface area contributed by atoms with Gasteiger partial charge in [-0.1, -0.05) is 94.5 Å². The number of ether oxygens (including phenoxy) is 5. The normalized spacial score (nSPS) is 31.1. The maximum atomic E-state index is 14.4. The Kier molecular flexibility index (Phi) is 32.5. The standard InChI is InChI=1S/C19H16BrFN2O2.C19H18FN3O2.3C12H14FN3O.C11H11BrFNO.C11H13BrFNO.C5H8ClNO.C5H7NO.C2H5NO/c1-19(13-9-12(20)7-8-15(13)21)14-10-16(14)25-18(23-19)22-17(24)11-5-3-2-4-6-11;1-19(13-9-12(21)7-8-15(13)20)14-10-16(14)25-18(23-19)22-17(24)11-5-3-2-4-6-11;3*1-12(7-4-6(14)2-3-9(7)13)8-5-10(8)17-11(15)16-12;1-11(8-5-10(8)15-14-11)7-4-6(12)2-3-9(7)13;1-11(14,8-5-10(8)15)7-4-6(12)2-3-9(7)13;1-4-2-5(3-6)8-7-4;1-3-4-2-5(4)7-6-3;1-2-3-4/h2-9,14,16H,10H2,1H3,(H,22,23,24);2-9,14,16H,10,21H2,1H3,(H,22,23,24);3*2-4,8,10H,5,14H2,1H3,(H2,15,16);2-4,8,10,14H,5H2,1H3;2-4,8,10,15H,5,14H2,1H3;5H,2-3H2,1H3;4-5H,2H2,1H3;2,4H,1H3/b;;;;;;;;;3-2+/t2*14-,16?,19+;8-,10?,12+;2*8-,10+,12+;2*8-,10?,11+;;;/m1111011.../s1. The minimum absolute atomic E-state index is 0.0405. The number of benzene rings is 9. The second-order valence-corrected chi connectivity index (χ2v) is 43.9. The number of hydrogen-bond acceptors (Lipinski definition) is 29. The van der Waals surface area contributed by atoms with E-state index in [-0.39, 0.29) is 166 Å². The Morgan fingerprint density at radius 1 is 0.453 bits per heavy atom. The van der Waals surface area contributed by atoms with E-state index in [0.717, 1.165) is 64.1 Å². The largest absolute Gasteiger partial charge is 0.462 e. The van der Waals surface area contributed by atoms with Crippen molar-refractivity contribution in [3.8, 4) is 0 Å². The Balaban J connectivity index is 0.000000122. The lowest BCUT2D eigenvalue weighted by atomic mass is 9.86. The number of nitrogen functional groups attached to an aromatic ring is 4. The first kappa shape index (κ1) is 110. The van der Waals surface area contributed by atoms with Crippen LogP contribution in [0.25, 0.3) is 0 Å². The number of nitrogens with two attached hydrogens (primary N) is 8. The zero-order valence-corrected chi connectivity index (χ0v) is 89.2. The monoisotopic (exact) mass is 2280 g/mol. The number of hydrogen-bond donors (Lipinski definition) is 13. The SMILES string of the molecule is C/C=N/O.CC1=NOC(CCl)C1.CC1=NOC2CC12.C[C@@]1(c2cc(Br)ccc2F)N=C(NC(=O)c2ccccc2)OC2C[C@H]21.C[C@@]1(c2cc(Br)ccc2F)NOC2C[C@H]21.C[C@@]1(c2cc(N)ccc2F)N=C(N)OC2C[C@H]21.C[C@@]1(c2cc(N)ccc2F)N=C(N)O[C@H]2C[C@H]21.C[C@@]1(c2cc(N)ccc2F)N=C(NC(=O)c2ccccc2)OC2C[C@H]21.C[C@](N)(c1cc(Br)ccc1F)[C@@H]1CC1O.C[C@]1(c2cc(N)ccc2F)N=C(N)O[C@@H]2C[C@@H]21. The van der Waals surface area contributed by atoms with Gasteiger partial charge in [-0.15, -0.1) is 16.8 Å². The van der Waals surface area contributed by atoms with E-state index in [4.69, 9.17) is 101 Å². The molecule has 9 fully saturated rings. The van der Waals surface area contributed by atoms with Crippen LogP contribution in [-0.2, 0) is 77.0 Å². The number of nitrogens with zero attached hydrogens (tertiary/aromatic N) is 8. The molecule has 0 aromatic heterocycles. The van der Waals surface area contributed by atoms with E-state index in [1.807, 2.05) is 73.6 Å². The van der Waals surface area contributed by atoms with Crippen molar-refractivity contribution in [1.29, 1.82) is 0 Å². The number of halogens is 11. The van der Waals surface area contributed by atoms with Gasteiger partial charge < -0.3 is 89.5 Å². The number of carbonyl (C=O) groups excluding carboxylic acids is 2. The fourth-order valence-electron chi connectivity index (χ4n) is 20.3. The highest BCUT2D eigenvalue weighted by Crippen LogP contribution is 2.60. The van der Waals surface area contributed by atoms with E-state index in [0.29, 0.717) is 103 Å². The molecule has 0 spiro atoms. The molecule has 9 aromatic rings. The third-order valence-corrected chi connectivity index (χ3v) is 31.4. The number of carbonyl (C=O) groups is 2. The number of aliphatic hydroxyl groups excluding tert-OH is 1. The molecular formula is C108H120Br3ClF7N19O12. The van der Waals surface area contributed by atoms with Gasteiger partial charge in [0.15, 0.2) is 0 Å². The molecule has 150 heavy (non-hydrogen) atoms. The fourth-order valence-corrected chi connectivity index (χ4v) is 21.5. The van der Waals surface area contributed by atoms with Gasteiger partial charge in [-0.2, -0.15) is 5.48 Å². The van der Waals surface area contributed by atoms with Gasteiger partial charge in [0.1, 0.15) is 83.4 Å². The van der Waals surface area contributed by atoms with Crippen LogP contribution in [0.5, 0.6) is 0 Å².